The standard InChI is InChI=1S/C23H22Cl2N2O2S/c1-2-29-21-8-4-3-6-17(21)23-26-16(14-30-23)13-22(28)27-11-5-7-20(27)15-9-10-18(24)19(25)12-15/h3-4,6,8-10,12,14,20H,2,5,7,11,13H2,1H3. The predicted molar refractivity (Wildman–Crippen MR) is 123 cm³/mol. The Labute approximate surface area is 190 Å². The van der Waals surface area contributed by atoms with Crippen LogP contribution in [0.25, 0.3) is 10.6 Å². The van der Waals surface area contributed by atoms with E-state index in [2.05, 4.69) is 0 Å². The van der Waals surface area contributed by atoms with Crippen LogP contribution in [0.2, 0.25) is 10.0 Å². The van der Waals surface area contributed by atoms with E-state index in [4.69, 9.17) is 32.9 Å². The van der Waals surface area contributed by atoms with E-state index in [9.17, 15) is 4.79 Å². The van der Waals surface area contributed by atoms with Gasteiger partial charge in [-0.15, -0.1) is 11.3 Å². The number of hydrogen-bond donors (Lipinski definition) is 0. The van der Waals surface area contributed by atoms with E-state index < -0.39 is 0 Å². The van der Waals surface area contributed by atoms with Crippen molar-refractivity contribution in [2.45, 2.75) is 32.2 Å². The number of benzene rings is 2. The second kappa shape index (κ2) is 9.38. The third-order valence-electron chi connectivity index (χ3n) is 5.20. The minimum atomic E-state index is 0.0315. The molecule has 1 atom stereocenters. The lowest BCUT2D eigenvalue weighted by Gasteiger charge is -2.25. The molecule has 7 heteroatoms. The molecule has 1 unspecified atom stereocenters. The number of carbonyl (C=O) groups excluding carboxylic acids is 1. The monoisotopic (exact) mass is 460 g/mol. The summed E-state index contributed by atoms with van der Waals surface area (Å²) in [5, 5.41) is 3.87. The molecule has 1 aliphatic heterocycles. The molecule has 1 fully saturated rings. The summed E-state index contributed by atoms with van der Waals surface area (Å²) in [7, 11) is 0. The van der Waals surface area contributed by atoms with E-state index in [1.165, 1.54) is 11.3 Å². The van der Waals surface area contributed by atoms with Crippen molar-refractivity contribution in [3.63, 3.8) is 0 Å². The van der Waals surface area contributed by atoms with Gasteiger partial charge in [-0.2, -0.15) is 0 Å². The van der Waals surface area contributed by atoms with Gasteiger partial charge < -0.3 is 9.64 Å². The Bertz CT molecular complexity index is 1050. The molecule has 0 radical (unpaired) electrons. The minimum absolute atomic E-state index is 0.0315. The van der Waals surface area contributed by atoms with Gasteiger partial charge in [0.25, 0.3) is 0 Å². The number of aromatic nitrogens is 1. The average molecular weight is 461 g/mol. The van der Waals surface area contributed by atoms with Crippen molar-refractivity contribution < 1.29 is 9.53 Å². The third-order valence-corrected chi connectivity index (χ3v) is 6.87. The molecule has 0 saturated carbocycles. The van der Waals surface area contributed by atoms with Crippen LogP contribution in [0.15, 0.2) is 47.8 Å². The van der Waals surface area contributed by atoms with Gasteiger partial charge in [0.15, 0.2) is 0 Å². The Morgan fingerprint density at radius 3 is 2.87 bits per heavy atom. The maximum atomic E-state index is 13.1. The van der Waals surface area contributed by atoms with Crippen LogP contribution in [0.4, 0.5) is 0 Å². The van der Waals surface area contributed by atoms with Gasteiger partial charge in [0.05, 0.1) is 40.4 Å². The Morgan fingerprint density at radius 2 is 2.07 bits per heavy atom. The van der Waals surface area contributed by atoms with Crippen LogP contribution in [-0.4, -0.2) is 28.9 Å². The molecule has 1 aliphatic rings. The number of halogens is 2. The van der Waals surface area contributed by atoms with Crippen LogP contribution in [0.3, 0.4) is 0 Å². The molecular weight excluding hydrogens is 439 g/mol. The highest BCUT2D eigenvalue weighted by Crippen LogP contribution is 2.36. The third kappa shape index (κ3) is 4.48. The number of likely N-dealkylation sites (tertiary alicyclic amines) is 1. The molecule has 0 bridgehead atoms. The Morgan fingerprint density at radius 1 is 1.23 bits per heavy atom. The maximum Gasteiger partial charge on any atom is 0.229 e. The normalized spacial score (nSPS) is 16.1. The molecule has 156 valence electrons. The lowest BCUT2D eigenvalue weighted by Crippen LogP contribution is -2.31. The summed E-state index contributed by atoms with van der Waals surface area (Å²) in [6, 6.07) is 13.5. The fourth-order valence-corrected chi connectivity index (χ4v) is 4.98. The van der Waals surface area contributed by atoms with Crippen LogP contribution >= 0.6 is 34.5 Å². The van der Waals surface area contributed by atoms with E-state index in [0.29, 0.717) is 16.7 Å². The number of amides is 1. The molecule has 3 aromatic rings. The number of thiazole rings is 1. The van der Waals surface area contributed by atoms with Gasteiger partial charge >= 0.3 is 0 Å². The van der Waals surface area contributed by atoms with Crippen molar-refractivity contribution in [3.8, 4) is 16.3 Å². The molecule has 30 heavy (non-hydrogen) atoms. The fourth-order valence-electron chi connectivity index (χ4n) is 3.82. The largest absolute Gasteiger partial charge is 0.493 e. The fraction of sp³-hybridized carbons (Fsp3) is 0.304. The summed E-state index contributed by atoms with van der Waals surface area (Å²) in [5.74, 6) is 0.893. The minimum Gasteiger partial charge on any atom is -0.493 e. The average Bonchev–Trinajstić information content (AvgIpc) is 3.40. The van der Waals surface area contributed by atoms with Crippen molar-refractivity contribution in [2.75, 3.05) is 13.2 Å². The number of carbonyl (C=O) groups is 1. The zero-order valence-corrected chi connectivity index (χ0v) is 18.9. The molecular formula is C23H22Cl2N2O2S. The summed E-state index contributed by atoms with van der Waals surface area (Å²) >= 11 is 13.8. The first kappa shape index (κ1) is 21.2. The van der Waals surface area contributed by atoms with Crippen molar-refractivity contribution in [1.82, 2.24) is 9.88 Å². The highest BCUT2D eigenvalue weighted by Gasteiger charge is 2.30. The molecule has 0 N–H and O–H groups in total. The Kier molecular flexibility index (Phi) is 6.61. The number of rotatable bonds is 6. The number of hydrogen-bond acceptors (Lipinski definition) is 4. The first-order valence-corrected chi connectivity index (χ1v) is 11.6. The SMILES string of the molecule is CCOc1ccccc1-c1nc(CC(=O)N2CCCC2c2ccc(Cl)c(Cl)c2)cs1. The smallest absolute Gasteiger partial charge is 0.229 e. The first-order valence-electron chi connectivity index (χ1n) is 9.98. The zero-order chi connectivity index (χ0) is 21.1. The molecule has 4 rings (SSSR count). The van der Waals surface area contributed by atoms with Crippen LogP contribution < -0.4 is 4.74 Å². The van der Waals surface area contributed by atoms with Crippen molar-refractivity contribution in [2.24, 2.45) is 0 Å². The van der Waals surface area contributed by atoms with Crippen LogP contribution in [0.5, 0.6) is 5.75 Å². The summed E-state index contributed by atoms with van der Waals surface area (Å²) < 4.78 is 5.72. The summed E-state index contributed by atoms with van der Waals surface area (Å²) in [5.41, 5.74) is 2.77. The Balaban J connectivity index is 1.50. The zero-order valence-electron chi connectivity index (χ0n) is 16.6. The lowest BCUT2D eigenvalue weighted by molar-refractivity contribution is -0.131. The van der Waals surface area contributed by atoms with Crippen molar-refractivity contribution in [1.29, 1.82) is 0 Å². The molecule has 0 aliphatic carbocycles. The van der Waals surface area contributed by atoms with Gasteiger partial charge in [-0.25, -0.2) is 4.98 Å². The van der Waals surface area contributed by atoms with Gasteiger partial charge in [-0.3, -0.25) is 4.79 Å². The molecule has 4 nitrogen and oxygen atoms in total. The van der Waals surface area contributed by atoms with E-state index in [1.54, 1.807) is 6.07 Å². The summed E-state index contributed by atoms with van der Waals surface area (Å²) in [6.45, 7) is 3.30. The second-order valence-corrected chi connectivity index (χ2v) is 8.84. The van der Waals surface area contributed by atoms with Crippen LogP contribution in [-0.2, 0) is 11.2 Å². The molecule has 0 spiro atoms. The van der Waals surface area contributed by atoms with Gasteiger partial charge in [0.2, 0.25) is 5.91 Å². The summed E-state index contributed by atoms with van der Waals surface area (Å²) in [6.07, 6.45) is 2.18. The van der Waals surface area contributed by atoms with Crippen molar-refractivity contribution >= 4 is 40.4 Å². The van der Waals surface area contributed by atoms with Crippen molar-refractivity contribution in [3.05, 3.63) is 69.1 Å². The first-order chi connectivity index (χ1) is 14.6. The number of ether oxygens (including phenoxy) is 1. The Hall–Kier alpha value is -2.08. The van der Waals surface area contributed by atoms with E-state index in [0.717, 1.165) is 47.0 Å². The highest BCUT2D eigenvalue weighted by molar-refractivity contribution is 7.13. The molecule has 2 heterocycles. The van der Waals surface area contributed by atoms with Gasteiger partial charge in [0.1, 0.15) is 10.8 Å². The maximum absolute atomic E-state index is 13.1. The molecule has 1 saturated heterocycles. The quantitative estimate of drug-likeness (QED) is 0.425. The van der Waals surface area contributed by atoms with E-state index in [-0.39, 0.29) is 18.4 Å². The molecule has 2 aromatic carbocycles. The van der Waals surface area contributed by atoms with E-state index in [1.807, 2.05) is 53.6 Å². The number of nitrogens with zero attached hydrogens (tertiary/aromatic N) is 2. The molecule has 1 aromatic heterocycles. The van der Waals surface area contributed by atoms with Crippen LogP contribution in [0.1, 0.15) is 37.1 Å². The lowest BCUT2D eigenvalue weighted by atomic mass is 10.0. The van der Waals surface area contributed by atoms with Crippen LogP contribution in [0, 0.1) is 0 Å². The van der Waals surface area contributed by atoms with Gasteiger partial charge in [-0.05, 0) is 49.6 Å². The predicted octanol–water partition coefficient (Wildman–Crippen LogP) is 6.42. The summed E-state index contributed by atoms with van der Waals surface area (Å²) in [4.78, 5) is 19.7. The van der Waals surface area contributed by atoms with Gasteiger partial charge in [0, 0.05) is 11.9 Å². The van der Waals surface area contributed by atoms with Gasteiger partial charge in [-0.1, -0.05) is 41.4 Å². The second-order valence-electron chi connectivity index (χ2n) is 7.17. The number of para-hydroxylation sites is 1. The molecule has 1 amide bonds. The van der Waals surface area contributed by atoms with E-state index >= 15 is 0 Å². The highest BCUT2D eigenvalue weighted by atomic mass is 35.5. The topological polar surface area (TPSA) is 42.4 Å².